The van der Waals surface area contributed by atoms with Crippen LogP contribution in [0.4, 0.5) is 0 Å². The van der Waals surface area contributed by atoms with Crippen LogP contribution in [-0.2, 0) is 0 Å². The first-order chi connectivity index (χ1) is 2.00. The van der Waals surface area contributed by atoms with Crippen molar-refractivity contribution < 1.29 is 24.7 Å². The second-order valence-electron chi connectivity index (χ2n) is 0.600. The molecule has 9 heavy (non-hydrogen) atoms. The van der Waals surface area contributed by atoms with Crippen molar-refractivity contribution >= 4 is 122 Å². The molecule has 0 heterocycles. The number of hydrogen-bond donors (Lipinski definition) is 4. The van der Waals surface area contributed by atoms with Gasteiger partial charge in [0.15, 0.2) is 0 Å². The Bertz CT molecular complexity index is 27.7. The Morgan fingerprint density at radius 2 is 0.667 bits per heavy atom. The first kappa shape index (κ1) is 29.3. The molecule has 0 aliphatic heterocycles. The van der Waals surface area contributed by atoms with E-state index < -0.39 is 9.05 Å². The first-order valence-electron chi connectivity index (χ1n) is 0.894. The van der Waals surface area contributed by atoms with Crippen LogP contribution in [-0.4, -0.2) is 147 Å². The average Bonchev–Trinajstić information content (AvgIpc) is 0.722. The summed E-state index contributed by atoms with van der Waals surface area (Å²) in [5, 5.41) is 0. The number of hydrogen-bond acceptors (Lipinski definition) is 4. The van der Waals surface area contributed by atoms with Crippen LogP contribution in [0.3, 0.4) is 0 Å². The molecule has 0 atom stereocenters. The summed E-state index contributed by atoms with van der Waals surface area (Å²) in [5.74, 6) is 0. The minimum absolute atomic E-state index is 0. The van der Waals surface area contributed by atoms with Crippen molar-refractivity contribution in [1.82, 2.24) is 0 Å². The van der Waals surface area contributed by atoms with Crippen molar-refractivity contribution in [2.24, 2.45) is 0 Å². The summed E-state index contributed by atoms with van der Waals surface area (Å²) < 4.78 is 0. The zero-order valence-electron chi connectivity index (χ0n) is 4.91. The van der Waals surface area contributed by atoms with Crippen LogP contribution in [0.5, 0.6) is 0 Å². The molecular weight excluding hydrogens is 228 g/mol. The topological polar surface area (TPSA) is 112 Å². The van der Waals surface area contributed by atoms with E-state index in [1.807, 2.05) is 0 Å². The molecule has 0 unspecified atom stereocenters. The molecule has 0 amide bonds. The maximum absolute atomic E-state index is 7.33. The molecule has 0 aromatic carbocycles. The van der Waals surface area contributed by atoms with Crippen LogP contribution in [0, 0.1) is 0 Å². The molecule has 0 aromatic heterocycles. The second-order valence-corrected chi connectivity index (χ2v) is 1.80. The van der Waals surface area contributed by atoms with Crippen LogP contribution in [0.25, 0.3) is 0 Å². The molecule has 0 aliphatic carbocycles. The predicted molar refractivity (Wildman–Crippen MR) is 35.5 cm³/mol. The zero-order chi connectivity index (χ0) is 4.50. The molecule has 0 saturated heterocycles. The van der Waals surface area contributed by atoms with Gasteiger partial charge >= 0.3 is 122 Å². The Labute approximate surface area is 143 Å². The molecule has 0 spiro atoms. The van der Waals surface area contributed by atoms with Gasteiger partial charge in [0.2, 0.25) is 0 Å². The van der Waals surface area contributed by atoms with Crippen LogP contribution in [0.1, 0.15) is 0 Å². The molecule has 0 saturated carbocycles. The van der Waals surface area contributed by atoms with Crippen molar-refractivity contribution in [1.29, 1.82) is 0 Å². The van der Waals surface area contributed by atoms with Gasteiger partial charge in [-0.05, 0) is 0 Å². The van der Waals surface area contributed by atoms with Gasteiger partial charge in [0.1, 0.15) is 0 Å². The standard InChI is InChI=1S/3Ca.H4O4Si.H2O/c;;;1-5(2,3)4;/h;;;1-4H;1H2/q3*+2;;. The van der Waals surface area contributed by atoms with E-state index in [-0.39, 0.29) is 119 Å². The fourth-order valence-corrected chi connectivity index (χ4v) is 0. The Morgan fingerprint density at radius 3 is 0.667 bits per heavy atom. The molecule has 9 heteroatoms. The van der Waals surface area contributed by atoms with Crippen LogP contribution >= 0.6 is 0 Å². The Balaban J connectivity index is -0.0000000133. The van der Waals surface area contributed by atoms with Gasteiger partial charge in [-0.25, -0.2) is 0 Å². The zero-order valence-corrected chi connectivity index (χ0v) is 12.5. The van der Waals surface area contributed by atoms with E-state index >= 15 is 0 Å². The van der Waals surface area contributed by atoms with Gasteiger partial charge in [0.05, 0.1) is 0 Å². The number of rotatable bonds is 0. The smallest absolute Gasteiger partial charge is 0.412 e. The van der Waals surface area contributed by atoms with Gasteiger partial charge in [-0.1, -0.05) is 0 Å². The Hall–Kier alpha value is 3.80. The van der Waals surface area contributed by atoms with Crippen LogP contribution < -0.4 is 0 Å². The van der Waals surface area contributed by atoms with Crippen LogP contribution in [0.2, 0.25) is 0 Å². The molecule has 0 fully saturated rings. The molecule has 0 bridgehead atoms. The molecule has 0 radical (unpaired) electrons. The van der Waals surface area contributed by atoms with Crippen molar-refractivity contribution in [2.45, 2.75) is 0 Å². The minimum atomic E-state index is -4.61. The third-order valence-corrected chi connectivity index (χ3v) is 0. The molecule has 0 aliphatic rings. The molecular formula is H6Ca3O5Si+6. The summed E-state index contributed by atoms with van der Waals surface area (Å²) in [6.07, 6.45) is 0. The van der Waals surface area contributed by atoms with Gasteiger partial charge in [-0.3, -0.25) is 0 Å². The molecule has 0 rings (SSSR count). The van der Waals surface area contributed by atoms with Crippen molar-refractivity contribution in [3.8, 4) is 0 Å². The van der Waals surface area contributed by atoms with E-state index in [1.54, 1.807) is 0 Å². The summed E-state index contributed by atoms with van der Waals surface area (Å²) >= 11 is 0. The largest absolute Gasteiger partial charge is 2.00 e. The van der Waals surface area contributed by atoms with E-state index in [2.05, 4.69) is 0 Å². The van der Waals surface area contributed by atoms with E-state index in [0.717, 1.165) is 0 Å². The van der Waals surface area contributed by atoms with E-state index in [4.69, 9.17) is 19.2 Å². The Morgan fingerprint density at radius 1 is 0.667 bits per heavy atom. The van der Waals surface area contributed by atoms with E-state index in [1.165, 1.54) is 0 Å². The fraction of sp³-hybridized carbons (Fsp3) is 0. The van der Waals surface area contributed by atoms with Crippen molar-refractivity contribution in [3.63, 3.8) is 0 Å². The SMILES string of the molecule is O.O[Si](O)(O)O.[Ca+2].[Ca+2].[Ca+2]. The fourth-order valence-electron chi connectivity index (χ4n) is 0. The van der Waals surface area contributed by atoms with Gasteiger partial charge in [0.25, 0.3) is 0 Å². The van der Waals surface area contributed by atoms with Gasteiger partial charge in [0, 0.05) is 0 Å². The maximum atomic E-state index is 7.33. The summed E-state index contributed by atoms with van der Waals surface area (Å²) in [7, 11) is -4.61. The summed E-state index contributed by atoms with van der Waals surface area (Å²) in [6.45, 7) is 0. The molecule has 0 aromatic rings. The monoisotopic (exact) mass is 234 g/mol. The maximum Gasteiger partial charge on any atom is 2.00 e. The normalized spacial score (nSPS) is 6.67. The van der Waals surface area contributed by atoms with E-state index in [0.29, 0.717) is 0 Å². The van der Waals surface area contributed by atoms with Gasteiger partial charge < -0.3 is 24.7 Å². The molecule has 6 N–H and O–H groups in total. The summed E-state index contributed by atoms with van der Waals surface area (Å²) in [4.78, 5) is 29.3. The first-order valence-corrected chi connectivity index (χ1v) is 2.68. The van der Waals surface area contributed by atoms with E-state index in [9.17, 15) is 0 Å². The molecule has 40 valence electrons. The predicted octanol–water partition coefficient (Wildman–Crippen LogP) is -4.58. The van der Waals surface area contributed by atoms with Crippen molar-refractivity contribution in [2.75, 3.05) is 0 Å². The third-order valence-electron chi connectivity index (χ3n) is 0. The quantitative estimate of drug-likeness (QED) is 0.316. The second kappa shape index (κ2) is 14.3. The average molecular weight is 234 g/mol. The Kier molecular flexibility index (Phi) is 46.6. The van der Waals surface area contributed by atoms with Gasteiger partial charge in [-0.2, -0.15) is 0 Å². The summed E-state index contributed by atoms with van der Waals surface area (Å²) in [6, 6.07) is 0. The minimum Gasteiger partial charge on any atom is -0.412 e. The third kappa shape index (κ3) is 78.6. The van der Waals surface area contributed by atoms with Gasteiger partial charge in [-0.15, -0.1) is 0 Å². The van der Waals surface area contributed by atoms with Crippen molar-refractivity contribution in [3.05, 3.63) is 0 Å². The summed E-state index contributed by atoms with van der Waals surface area (Å²) in [5.41, 5.74) is 0. The van der Waals surface area contributed by atoms with Crippen LogP contribution in [0.15, 0.2) is 0 Å². The molecule has 5 nitrogen and oxygen atoms in total.